The summed E-state index contributed by atoms with van der Waals surface area (Å²) >= 11 is 0. The summed E-state index contributed by atoms with van der Waals surface area (Å²) in [6, 6.07) is 18.4. The highest BCUT2D eigenvalue weighted by molar-refractivity contribution is 5.86. The Morgan fingerprint density at radius 2 is 1.59 bits per heavy atom. The number of amides is 3. The topological polar surface area (TPSA) is 88.2 Å². The maximum absolute atomic E-state index is 13.7. The minimum atomic E-state index is -0.745. The first kappa shape index (κ1) is 26.5. The first-order chi connectivity index (χ1) is 17.7. The maximum atomic E-state index is 13.7. The van der Waals surface area contributed by atoms with E-state index in [4.69, 9.17) is 9.47 Å². The third kappa shape index (κ3) is 7.24. The molecular formula is C29H37N3O5. The van der Waals surface area contributed by atoms with E-state index in [-0.39, 0.29) is 30.6 Å². The highest BCUT2D eigenvalue weighted by atomic mass is 16.6. The van der Waals surface area contributed by atoms with E-state index in [0.29, 0.717) is 32.5 Å². The highest BCUT2D eigenvalue weighted by Crippen LogP contribution is 2.33. The molecule has 0 radical (unpaired) electrons. The average Bonchev–Trinajstić information content (AvgIpc) is 3.30. The van der Waals surface area contributed by atoms with Crippen LogP contribution in [0.25, 0.3) is 0 Å². The smallest absolute Gasteiger partial charge is 0.410 e. The Balaban J connectivity index is 1.39. The van der Waals surface area contributed by atoms with Crippen LogP contribution in [0.5, 0.6) is 0 Å². The molecule has 0 aromatic heterocycles. The zero-order chi connectivity index (χ0) is 26.4. The number of nitrogens with zero attached hydrogens (tertiary/aromatic N) is 2. The van der Waals surface area contributed by atoms with Gasteiger partial charge < -0.3 is 24.6 Å². The van der Waals surface area contributed by atoms with Crippen molar-refractivity contribution in [2.24, 2.45) is 5.92 Å². The van der Waals surface area contributed by atoms with Gasteiger partial charge in [-0.1, -0.05) is 60.7 Å². The normalized spacial score (nSPS) is 20.1. The van der Waals surface area contributed by atoms with Gasteiger partial charge in [0.25, 0.3) is 0 Å². The number of hydrogen-bond donors (Lipinski definition) is 1. The zero-order valence-electron chi connectivity index (χ0n) is 21.9. The van der Waals surface area contributed by atoms with E-state index in [1.807, 2.05) is 91.2 Å². The molecule has 2 aromatic carbocycles. The standard InChI is InChI=1S/C29H37N3O5/c1-29(2,3)37-28(35)32-17-14-23-19-31(16-15-25(23)32)26(33)24(18-21-10-6-4-7-11-21)30-27(34)36-20-22-12-8-5-9-13-22/h4-13,23-25H,14-20H2,1-3H3,(H,30,34)/t23?,24-,25?/m0/s1. The van der Waals surface area contributed by atoms with Crippen LogP contribution in [0.2, 0.25) is 0 Å². The largest absolute Gasteiger partial charge is 0.445 e. The van der Waals surface area contributed by atoms with E-state index in [1.165, 1.54) is 0 Å². The Morgan fingerprint density at radius 1 is 0.946 bits per heavy atom. The lowest BCUT2D eigenvalue weighted by Gasteiger charge is -2.39. The number of alkyl carbamates (subject to hydrolysis) is 1. The van der Waals surface area contributed by atoms with Crippen molar-refractivity contribution >= 4 is 18.1 Å². The molecule has 2 unspecified atom stereocenters. The summed E-state index contributed by atoms with van der Waals surface area (Å²) in [5.74, 6) is 0.0577. The van der Waals surface area contributed by atoms with Crippen LogP contribution in [0.3, 0.4) is 0 Å². The molecule has 8 nitrogen and oxygen atoms in total. The molecule has 2 saturated heterocycles. The molecule has 1 N–H and O–H groups in total. The number of fused-ring (bicyclic) bond motifs is 1. The van der Waals surface area contributed by atoms with Gasteiger partial charge in [0, 0.05) is 32.1 Å². The van der Waals surface area contributed by atoms with Crippen LogP contribution in [-0.4, -0.2) is 65.2 Å². The summed E-state index contributed by atoms with van der Waals surface area (Å²) in [6.45, 7) is 7.43. The number of rotatable bonds is 6. The third-order valence-corrected chi connectivity index (χ3v) is 6.86. The van der Waals surface area contributed by atoms with Gasteiger partial charge in [-0.2, -0.15) is 0 Å². The average molecular weight is 508 g/mol. The summed E-state index contributed by atoms with van der Waals surface area (Å²) in [5, 5.41) is 2.81. The van der Waals surface area contributed by atoms with Crippen LogP contribution in [0.4, 0.5) is 9.59 Å². The van der Waals surface area contributed by atoms with Crippen molar-refractivity contribution in [3.8, 4) is 0 Å². The molecule has 2 aromatic rings. The number of benzene rings is 2. The molecule has 37 heavy (non-hydrogen) atoms. The van der Waals surface area contributed by atoms with E-state index in [0.717, 1.165) is 17.5 Å². The van der Waals surface area contributed by atoms with Crippen molar-refractivity contribution < 1.29 is 23.9 Å². The molecule has 0 bridgehead atoms. The van der Waals surface area contributed by atoms with Gasteiger partial charge in [0.2, 0.25) is 5.91 Å². The number of piperidine rings is 1. The van der Waals surface area contributed by atoms with Gasteiger partial charge in [0.05, 0.1) is 0 Å². The number of carbonyl (C=O) groups excluding carboxylic acids is 3. The van der Waals surface area contributed by atoms with E-state index >= 15 is 0 Å². The van der Waals surface area contributed by atoms with Crippen LogP contribution in [-0.2, 0) is 27.3 Å². The number of carbonyl (C=O) groups is 3. The summed E-state index contributed by atoms with van der Waals surface area (Å²) in [7, 11) is 0. The van der Waals surface area contributed by atoms with Crippen LogP contribution >= 0.6 is 0 Å². The Kier molecular flexibility index (Phi) is 8.36. The van der Waals surface area contributed by atoms with Crippen LogP contribution in [0.15, 0.2) is 60.7 Å². The molecule has 0 saturated carbocycles. The van der Waals surface area contributed by atoms with Gasteiger partial charge in [-0.3, -0.25) is 4.79 Å². The lowest BCUT2D eigenvalue weighted by molar-refractivity contribution is -0.135. The third-order valence-electron chi connectivity index (χ3n) is 6.86. The van der Waals surface area contributed by atoms with Crippen molar-refractivity contribution in [1.29, 1.82) is 0 Å². The molecule has 2 fully saturated rings. The van der Waals surface area contributed by atoms with Crippen LogP contribution < -0.4 is 5.32 Å². The predicted molar refractivity (Wildman–Crippen MR) is 140 cm³/mol. The second kappa shape index (κ2) is 11.7. The summed E-state index contributed by atoms with van der Waals surface area (Å²) in [4.78, 5) is 42.6. The quantitative estimate of drug-likeness (QED) is 0.627. The molecule has 3 atom stereocenters. The van der Waals surface area contributed by atoms with Gasteiger partial charge in [-0.25, -0.2) is 9.59 Å². The van der Waals surface area contributed by atoms with Crippen LogP contribution in [0, 0.1) is 5.92 Å². The van der Waals surface area contributed by atoms with Crippen molar-refractivity contribution in [1.82, 2.24) is 15.1 Å². The van der Waals surface area contributed by atoms with E-state index < -0.39 is 17.7 Å². The SMILES string of the molecule is CC(C)(C)OC(=O)N1CCC2CN(C(=O)[C@H](Cc3ccccc3)NC(=O)OCc3ccccc3)CCC21. The van der Waals surface area contributed by atoms with Gasteiger partial charge in [0.15, 0.2) is 0 Å². The molecule has 2 aliphatic rings. The Morgan fingerprint density at radius 3 is 2.24 bits per heavy atom. The van der Waals surface area contributed by atoms with E-state index in [9.17, 15) is 14.4 Å². The molecule has 4 rings (SSSR count). The zero-order valence-corrected chi connectivity index (χ0v) is 21.9. The Labute approximate surface area is 218 Å². The fourth-order valence-corrected chi connectivity index (χ4v) is 5.11. The van der Waals surface area contributed by atoms with Crippen molar-refractivity contribution in [2.75, 3.05) is 19.6 Å². The molecular weight excluding hydrogens is 470 g/mol. The molecule has 2 heterocycles. The molecule has 0 aliphatic carbocycles. The first-order valence-corrected chi connectivity index (χ1v) is 13.0. The number of likely N-dealkylation sites (tertiary alicyclic amines) is 2. The lowest BCUT2D eigenvalue weighted by Crippen LogP contribution is -2.55. The molecule has 3 amide bonds. The minimum Gasteiger partial charge on any atom is -0.445 e. The maximum Gasteiger partial charge on any atom is 0.410 e. The highest BCUT2D eigenvalue weighted by Gasteiger charge is 2.43. The second-order valence-electron chi connectivity index (χ2n) is 10.8. The summed E-state index contributed by atoms with van der Waals surface area (Å²) in [6.07, 6.45) is 0.972. The Hall–Kier alpha value is -3.55. The summed E-state index contributed by atoms with van der Waals surface area (Å²) in [5.41, 5.74) is 1.29. The van der Waals surface area contributed by atoms with Crippen molar-refractivity contribution in [3.05, 3.63) is 71.8 Å². The van der Waals surface area contributed by atoms with Gasteiger partial charge in [0.1, 0.15) is 18.2 Å². The number of nitrogens with one attached hydrogen (secondary N) is 1. The van der Waals surface area contributed by atoms with Gasteiger partial charge in [-0.15, -0.1) is 0 Å². The van der Waals surface area contributed by atoms with E-state index in [1.54, 1.807) is 0 Å². The summed E-state index contributed by atoms with van der Waals surface area (Å²) < 4.78 is 11.0. The van der Waals surface area contributed by atoms with Crippen LogP contribution in [0.1, 0.15) is 44.7 Å². The van der Waals surface area contributed by atoms with Crippen molar-refractivity contribution in [3.63, 3.8) is 0 Å². The van der Waals surface area contributed by atoms with Crippen molar-refractivity contribution in [2.45, 2.75) is 64.3 Å². The number of ether oxygens (including phenoxy) is 2. The predicted octanol–water partition coefficient (Wildman–Crippen LogP) is 4.38. The molecule has 198 valence electrons. The van der Waals surface area contributed by atoms with Gasteiger partial charge in [-0.05, 0) is 50.7 Å². The fraction of sp³-hybridized carbons (Fsp3) is 0.483. The second-order valence-corrected chi connectivity index (χ2v) is 10.8. The first-order valence-electron chi connectivity index (χ1n) is 13.0. The minimum absolute atomic E-state index is 0.0651. The molecule has 0 spiro atoms. The molecule has 2 aliphatic heterocycles. The Bertz CT molecular complexity index is 1070. The monoisotopic (exact) mass is 507 g/mol. The van der Waals surface area contributed by atoms with Gasteiger partial charge >= 0.3 is 12.2 Å². The lowest BCUT2D eigenvalue weighted by atomic mass is 9.92. The number of hydrogen-bond acceptors (Lipinski definition) is 5. The molecule has 8 heteroatoms. The fourth-order valence-electron chi connectivity index (χ4n) is 5.11. The van der Waals surface area contributed by atoms with E-state index in [2.05, 4.69) is 5.32 Å².